The van der Waals surface area contributed by atoms with Crippen LogP contribution < -0.4 is 10.6 Å². The maximum atomic E-state index is 11.4. The van der Waals surface area contributed by atoms with E-state index >= 15 is 0 Å². The van der Waals surface area contributed by atoms with Crippen LogP contribution >= 0.6 is 0 Å². The lowest BCUT2D eigenvalue weighted by Gasteiger charge is -2.50. The fourth-order valence-electron chi connectivity index (χ4n) is 3.44. The molecule has 1 spiro atoms. The number of nitrogens with zero attached hydrogens (tertiary/aromatic N) is 1. The van der Waals surface area contributed by atoms with Crippen LogP contribution in [-0.4, -0.2) is 18.5 Å². The molecule has 0 aromatic heterocycles. The van der Waals surface area contributed by atoms with Crippen molar-refractivity contribution in [3.63, 3.8) is 0 Å². The van der Waals surface area contributed by atoms with E-state index in [9.17, 15) is 4.79 Å². The molecule has 1 saturated carbocycles. The van der Waals surface area contributed by atoms with Crippen LogP contribution in [0.4, 0.5) is 5.69 Å². The average Bonchev–Trinajstić information content (AvgIpc) is 2.34. The third kappa shape index (κ3) is 1.53. The molecule has 1 aliphatic carbocycles. The third-order valence-corrected chi connectivity index (χ3v) is 4.81. The summed E-state index contributed by atoms with van der Waals surface area (Å²) in [5, 5.41) is 0. The predicted molar refractivity (Wildman–Crippen MR) is 72.6 cm³/mol. The molecule has 1 aliphatic heterocycles. The number of rotatable bonds is 2. The molecule has 18 heavy (non-hydrogen) atoms. The first-order chi connectivity index (χ1) is 8.64. The third-order valence-electron chi connectivity index (χ3n) is 4.81. The summed E-state index contributed by atoms with van der Waals surface area (Å²) in [6.07, 6.45) is 5.08. The van der Waals surface area contributed by atoms with Crippen LogP contribution in [0.2, 0.25) is 0 Å². The van der Waals surface area contributed by atoms with Gasteiger partial charge < -0.3 is 10.6 Å². The minimum atomic E-state index is -0.241. The van der Waals surface area contributed by atoms with Gasteiger partial charge in [-0.2, -0.15) is 0 Å². The summed E-state index contributed by atoms with van der Waals surface area (Å²) < 4.78 is 0. The predicted octanol–water partition coefficient (Wildman–Crippen LogP) is 2.19. The number of anilines is 1. The Kier molecular flexibility index (Phi) is 2.58. The number of carbonyl (C=O) groups excluding carboxylic acids is 1. The van der Waals surface area contributed by atoms with E-state index in [2.05, 4.69) is 29.2 Å². The van der Waals surface area contributed by atoms with Crippen molar-refractivity contribution in [2.75, 3.05) is 11.4 Å². The number of para-hydroxylation sites is 1. The van der Waals surface area contributed by atoms with Gasteiger partial charge >= 0.3 is 0 Å². The summed E-state index contributed by atoms with van der Waals surface area (Å²) in [6, 6.07) is 8.31. The van der Waals surface area contributed by atoms with Crippen molar-refractivity contribution < 1.29 is 4.79 Å². The Balaban J connectivity index is 2.02. The molecular formula is C15H20N2O. The first-order valence-electron chi connectivity index (χ1n) is 6.79. The Labute approximate surface area is 108 Å². The smallest absolute Gasteiger partial charge is 0.239 e. The maximum absolute atomic E-state index is 11.4. The number of hydrogen-bond acceptors (Lipinski definition) is 2. The van der Waals surface area contributed by atoms with Crippen molar-refractivity contribution in [2.45, 2.75) is 44.1 Å². The highest BCUT2D eigenvalue weighted by Gasteiger charge is 2.44. The lowest BCUT2D eigenvalue weighted by Crippen LogP contribution is -2.50. The van der Waals surface area contributed by atoms with E-state index in [1.807, 2.05) is 6.92 Å². The molecule has 1 aromatic carbocycles. The van der Waals surface area contributed by atoms with Crippen LogP contribution in [0.15, 0.2) is 24.3 Å². The van der Waals surface area contributed by atoms with E-state index in [0.717, 1.165) is 13.0 Å². The molecule has 3 nitrogen and oxygen atoms in total. The van der Waals surface area contributed by atoms with Gasteiger partial charge in [-0.15, -0.1) is 0 Å². The molecule has 1 amide bonds. The zero-order valence-corrected chi connectivity index (χ0v) is 10.9. The van der Waals surface area contributed by atoms with Crippen molar-refractivity contribution in [3.8, 4) is 0 Å². The number of nitrogens with two attached hydrogens (primary N) is 1. The monoisotopic (exact) mass is 244 g/mol. The largest absolute Gasteiger partial charge is 0.368 e. The molecule has 1 heterocycles. The highest BCUT2D eigenvalue weighted by Crippen LogP contribution is 2.52. The second-order valence-corrected chi connectivity index (χ2v) is 5.67. The quantitative estimate of drug-likeness (QED) is 0.867. The van der Waals surface area contributed by atoms with Crippen LogP contribution in [0.5, 0.6) is 0 Å². The van der Waals surface area contributed by atoms with E-state index in [0.29, 0.717) is 5.41 Å². The van der Waals surface area contributed by atoms with E-state index in [1.165, 1.54) is 30.5 Å². The second-order valence-electron chi connectivity index (χ2n) is 5.67. The van der Waals surface area contributed by atoms with Crippen LogP contribution in [-0.2, 0) is 10.2 Å². The summed E-state index contributed by atoms with van der Waals surface area (Å²) >= 11 is 0. The zero-order valence-electron chi connectivity index (χ0n) is 10.9. The fraction of sp³-hybridized carbons (Fsp3) is 0.533. The molecule has 3 heteroatoms. The van der Waals surface area contributed by atoms with Crippen LogP contribution in [0.25, 0.3) is 0 Å². The van der Waals surface area contributed by atoms with Gasteiger partial charge in [0.05, 0.1) is 0 Å². The fourth-order valence-corrected chi connectivity index (χ4v) is 3.44. The summed E-state index contributed by atoms with van der Waals surface area (Å²) in [6.45, 7) is 2.85. The Morgan fingerprint density at radius 2 is 2.06 bits per heavy atom. The van der Waals surface area contributed by atoms with E-state index in [-0.39, 0.29) is 11.9 Å². The lowest BCUT2D eigenvalue weighted by molar-refractivity contribution is -0.119. The van der Waals surface area contributed by atoms with Gasteiger partial charge in [-0.1, -0.05) is 24.6 Å². The van der Waals surface area contributed by atoms with E-state index in [4.69, 9.17) is 5.73 Å². The highest BCUT2D eigenvalue weighted by molar-refractivity contribution is 5.84. The normalized spacial score (nSPS) is 22.2. The molecule has 0 saturated heterocycles. The van der Waals surface area contributed by atoms with Gasteiger partial charge in [0.15, 0.2) is 0 Å². The summed E-state index contributed by atoms with van der Waals surface area (Å²) in [5.41, 5.74) is 8.49. The van der Waals surface area contributed by atoms with Crippen molar-refractivity contribution >= 4 is 11.6 Å². The molecule has 1 aromatic rings. The lowest BCUT2D eigenvalue weighted by atomic mass is 9.60. The molecule has 96 valence electrons. The van der Waals surface area contributed by atoms with Gasteiger partial charge in [-0.05, 0) is 43.2 Å². The van der Waals surface area contributed by atoms with Crippen molar-refractivity contribution in [3.05, 3.63) is 29.8 Å². The van der Waals surface area contributed by atoms with Crippen LogP contribution in [0.1, 0.15) is 38.2 Å². The molecule has 0 radical (unpaired) electrons. The highest BCUT2D eigenvalue weighted by atomic mass is 16.1. The number of primary amides is 1. The Bertz CT molecular complexity index is 479. The van der Waals surface area contributed by atoms with E-state index in [1.54, 1.807) is 0 Å². The Morgan fingerprint density at radius 3 is 2.67 bits per heavy atom. The van der Waals surface area contributed by atoms with Gasteiger partial charge in [0.25, 0.3) is 0 Å². The molecule has 1 unspecified atom stereocenters. The maximum Gasteiger partial charge on any atom is 0.239 e. The van der Waals surface area contributed by atoms with Gasteiger partial charge in [0, 0.05) is 12.2 Å². The number of hydrogen-bond donors (Lipinski definition) is 1. The molecule has 2 aliphatic rings. The van der Waals surface area contributed by atoms with Gasteiger partial charge in [-0.3, -0.25) is 4.79 Å². The molecule has 1 atom stereocenters. The second kappa shape index (κ2) is 4.01. The first-order valence-corrected chi connectivity index (χ1v) is 6.79. The molecule has 1 fully saturated rings. The van der Waals surface area contributed by atoms with Gasteiger partial charge in [0.1, 0.15) is 6.04 Å². The van der Waals surface area contributed by atoms with E-state index < -0.39 is 0 Å². The standard InChI is InChI=1S/C15H20N2O/c1-11(14(16)18)17-10-9-15(7-4-8-15)12-5-2-3-6-13(12)17/h2-3,5-6,11H,4,7-10H2,1H3,(H2,16,18). The summed E-state index contributed by atoms with van der Waals surface area (Å²) in [4.78, 5) is 13.6. The summed E-state index contributed by atoms with van der Waals surface area (Å²) in [7, 11) is 0. The summed E-state index contributed by atoms with van der Waals surface area (Å²) in [5.74, 6) is -0.241. The number of benzene rings is 1. The van der Waals surface area contributed by atoms with Crippen molar-refractivity contribution in [2.24, 2.45) is 5.73 Å². The minimum absolute atomic E-state index is 0.219. The van der Waals surface area contributed by atoms with Crippen molar-refractivity contribution in [1.82, 2.24) is 0 Å². The Hall–Kier alpha value is -1.51. The molecule has 3 rings (SSSR count). The van der Waals surface area contributed by atoms with Crippen LogP contribution in [0, 0.1) is 0 Å². The Morgan fingerprint density at radius 1 is 1.33 bits per heavy atom. The SMILES string of the molecule is CC(C(N)=O)N1CCC2(CCC2)c2ccccc21. The minimum Gasteiger partial charge on any atom is -0.368 e. The molecular weight excluding hydrogens is 224 g/mol. The number of fused-ring (bicyclic) bond motifs is 2. The van der Waals surface area contributed by atoms with Crippen LogP contribution in [0.3, 0.4) is 0 Å². The topological polar surface area (TPSA) is 46.3 Å². The first kappa shape index (κ1) is 11.6. The molecule has 2 N–H and O–H groups in total. The average molecular weight is 244 g/mol. The van der Waals surface area contributed by atoms with Gasteiger partial charge in [0.2, 0.25) is 5.91 Å². The number of carbonyl (C=O) groups is 1. The van der Waals surface area contributed by atoms with Crippen molar-refractivity contribution in [1.29, 1.82) is 0 Å². The zero-order chi connectivity index (χ0) is 12.8. The number of amides is 1. The molecule has 0 bridgehead atoms. The van der Waals surface area contributed by atoms with Gasteiger partial charge in [-0.25, -0.2) is 0 Å².